The fraction of sp³-hybridized carbons (Fsp3) is 0.467. The van der Waals surface area contributed by atoms with E-state index < -0.39 is 0 Å². The molecular formula is C15H19N3S. The zero-order valence-electron chi connectivity index (χ0n) is 11.4. The second-order valence-corrected chi connectivity index (χ2v) is 6.15. The lowest BCUT2D eigenvalue weighted by Gasteiger charge is -2.27. The first-order valence-corrected chi connectivity index (χ1v) is 7.75. The fourth-order valence-corrected chi connectivity index (χ4v) is 3.48. The number of hydrogen-bond acceptors (Lipinski definition) is 4. The Hall–Kier alpha value is -1.26. The Balaban J connectivity index is 1.73. The van der Waals surface area contributed by atoms with Crippen molar-refractivity contribution in [2.45, 2.75) is 38.6 Å². The number of rotatable bonds is 5. The molecule has 4 heteroatoms. The molecule has 0 bridgehead atoms. The van der Waals surface area contributed by atoms with E-state index in [-0.39, 0.29) is 0 Å². The van der Waals surface area contributed by atoms with E-state index in [1.54, 1.807) is 11.3 Å². The highest BCUT2D eigenvalue weighted by Crippen LogP contribution is 2.41. The highest BCUT2D eigenvalue weighted by Gasteiger charge is 2.30. The molecule has 0 aliphatic heterocycles. The number of hydrogen-bond donors (Lipinski definition) is 1. The van der Waals surface area contributed by atoms with Crippen LogP contribution in [0.2, 0.25) is 0 Å². The Kier molecular flexibility index (Phi) is 3.62. The number of benzene rings is 1. The summed E-state index contributed by atoms with van der Waals surface area (Å²) in [5, 5.41) is 14.5. The van der Waals surface area contributed by atoms with E-state index in [2.05, 4.69) is 53.6 Å². The minimum absolute atomic E-state index is 0.307. The van der Waals surface area contributed by atoms with Crippen LogP contribution in [0, 0.1) is 0 Å². The highest BCUT2D eigenvalue weighted by molar-refractivity contribution is 7.11. The first-order chi connectivity index (χ1) is 9.29. The van der Waals surface area contributed by atoms with Crippen molar-refractivity contribution in [3.8, 4) is 0 Å². The Labute approximate surface area is 118 Å². The van der Waals surface area contributed by atoms with Crippen molar-refractivity contribution in [3.05, 3.63) is 45.4 Å². The number of nitrogens with one attached hydrogen (secondary N) is 1. The van der Waals surface area contributed by atoms with E-state index >= 15 is 0 Å². The molecule has 1 aliphatic carbocycles. The van der Waals surface area contributed by atoms with E-state index in [1.165, 1.54) is 16.1 Å². The molecule has 2 unspecified atom stereocenters. The molecule has 3 nitrogen and oxygen atoms in total. The molecule has 1 heterocycles. The highest BCUT2D eigenvalue weighted by atomic mass is 32.1. The van der Waals surface area contributed by atoms with Crippen LogP contribution in [0.25, 0.3) is 0 Å². The van der Waals surface area contributed by atoms with Crippen molar-refractivity contribution in [2.75, 3.05) is 6.54 Å². The van der Waals surface area contributed by atoms with Crippen LogP contribution in [0.15, 0.2) is 24.3 Å². The molecule has 0 amide bonds. The summed E-state index contributed by atoms with van der Waals surface area (Å²) in [6, 6.07) is 8.94. The van der Waals surface area contributed by atoms with Gasteiger partial charge in [-0.25, -0.2) is 0 Å². The molecule has 2 aromatic rings. The van der Waals surface area contributed by atoms with Gasteiger partial charge in [0.2, 0.25) is 0 Å². The van der Waals surface area contributed by atoms with Crippen LogP contribution in [0.3, 0.4) is 0 Å². The van der Waals surface area contributed by atoms with Crippen molar-refractivity contribution in [3.63, 3.8) is 0 Å². The van der Waals surface area contributed by atoms with Crippen molar-refractivity contribution in [1.29, 1.82) is 0 Å². The first-order valence-electron chi connectivity index (χ1n) is 6.94. The quantitative estimate of drug-likeness (QED) is 0.908. The largest absolute Gasteiger partial charge is 0.308 e. The van der Waals surface area contributed by atoms with Crippen LogP contribution in [-0.2, 0) is 6.42 Å². The SMILES string of the molecule is CCCNC(C)c1nnc(C2Cc3ccccc32)s1. The van der Waals surface area contributed by atoms with Gasteiger partial charge >= 0.3 is 0 Å². The van der Waals surface area contributed by atoms with Crippen LogP contribution >= 0.6 is 11.3 Å². The molecule has 1 N–H and O–H groups in total. The Morgan fingerprint density at radius 1 is 1.37 bits per heavy atom. The maximum Gasteiger partial charge on any atom is 0.134 e. The monoisotopic (exact) mass is 273 g/mol. The first kappa shape index (κ1) is 12.8. The maximum atomic E-state index is 4.39. The molecule has 19 heavy (non-hydrogen) atoms. The van der Waals surface area contributed by atoms with Gasteiger partial charge in [-0.3, -0.25) is 0 Å². The van der Waals surface area contributed by atoms with Crippen molar-refractivity contribution < 1.29 is 0 Å². The van der Waals surface area contributed by atoms with Crippen molar-refractivity contribution in [2.24, 2.45) is 0 Å². The average Bonchev–Trinajstić information content (AvgIpc) is 2.87. The zero-order valence-corrected chi connectivity index (χ0v) is 12.2. The van der Waals surface area contributed by atoms with Crippen molar-refractivity contribution >= 4 is 11.3 Å². The van der Waals surface area contributed by atoms with Crippen LogP contribution in [0.1, 0.15) is 53.4 Å². The number of nitrogens with zero attached hydrogens (tertiary/aromatic N) is 2. The summed E-state index contributed by atoms with van der Waals surface area (Å²) in [5.74, 6) is 0.473. The van der Waals surface area contributed by atoms with Gasteiger partial charge in [0.25, 0.3) is 0 Å². The third kappa shape index (κ3) is 2.42. The van der Waals surface area contributed by atoms with E-state index in [1.807, 2.05) is 0 Å². The van der Waals surface area contributed by atoms with Crippen LogP contribution in [-0.4, -0.2) is 16.7 Å². The lowest BCUT2D eigenvalue weighted by molar-refractivity contribution is 0.563. The van der Waals surface area contributed by atoms with Gasteiger partial charge in [-0.15, -0.1) is 10.2 Å². The summed E-state index contributed by atoms with van der Waals surface area (Å²) in [4.78, 5) is 0. The third-order valence-electron chi connectivity index (χ3n) is 3.68. The molecule has 3 rings (SSSR count). The molecule has 2 atom stereocenters. The Morgan fingerprint density at radius 2 is 2.21 bits per heavy atom. The fourth-order valence-electron chi connectivity index (χ4n) is 2.49. The molecule has 0 radical (unpaired) electrons. The summed E-state index contributed by atoms with van der Waals surface area (Å²) < 4.78 is 0. The molecule has 1 aliphatic rings. The summed E-state index contributed by atoms with van der Waals surface area (Å²) >= 11 is 1.75. The van der Waals surface area contributed by atoms with E-state index in [4.69, 9.17) is 0 Å². The van der Waals surface area contributed by atoms with Gasteiger partial charge < -0.3 is 5.32 Å². The number of fused-ring (bicyclic) bond motifs is 1. The lowest BCUT2D eigenvalue weighted by Crippen LogP contribution is -2.19. The van der Waals surface area contributed by atoms with Gasteiger partial charge in [-0.1, -0.05) is 42.5 Å². The maximum absolute atomic E-state index is 4.39. The second kappa shape index (κ2) is 5.39. The van der Waals surface area contributed by atoms with Gasteiger partial charge in [0.05, 0.1) is 6.04 Å². The van der Waals surface area contributed by atoms with Gasteiger partial charge in [0.1, 0.15) is 10.0 Å². The van der Waals surface area contributed by atoms with E-state index in [0.717, 1.165) is 24.4 Å². The predicted molar refractivity (Wildman–Crippen MR) is 78.6 cm³/mol. The molecule has 1 aromatic carbocycles. The number of aromatic nitrogens is 2. The van der Waals surface area contributed by atoms with Gasteiger partial charge in [0, 0.05) is 5.92 Å². The Morgan fingerprint density at radius 3 is 3.00 bits per heavy atom. The van der Waals surface area contributed by atoms with Gasteiger partial charge in [0.15, 0.2) is 0 Å². The standard InChI is InChI=1S/C15H19N3S/c1-3-8-16-10(2)14-17-18-15(19-14)13-9-11-6-4-5-7-12(11)13/h4-7,10,13,16H,3,8-9H2,1-2H3. The van der Waals surface area contributed by atoms with E-state index in [0.29, 0.717) is 12.0 Å². The van der Waals surface area contributed by atoms with Gasteiger partial charge in [-0.05, 0) is 37.4 Å². The van der Waals surface area contributed by atoms with Crippen molar-refractivity contribution in [1.82, 2.24) is 15.5 Å². The predicted octanol–water partition coefficient (Wildman–Crippen LogP) is 3.29. The summed E-state index contributed by atoms with van der Waals surface area (Å²) in [7, 11) is 0. The molecular weight excluding hydrogens is 254 g/mol. The lowest BCUT2D eigenvalue weighted by atomic mass is 9.78. The molecule has 100 valence electrons. The molecule has 0 spiro atoms. The minimum Gasteiger partial charge on any atom is -0.308 e. The summed E-state index contributed by atoms with van der Waals surface area (Å²) in [6.07, 6.45) is 2.26. The van der Waals surface area contributed by atoms with Crippen LogP contribution < -0.4 is 5.32 Å². The summed E-state index contributed by atoms with van der Waals surface area (Å²) in [6.45, 7) is 5.37. The molecule has 0 fully saturated rings. The zero-order chi connectivity index (χ0) is 13.2. The summed E-state index contributed by atoms with van der Waals surface area (Å²) in [5.41, 5.74) is 2.89. The van der Waals surface area contributed by atoms with Gasteiger partial charge in [-0.2, -0.15) is 0 Å². The van der Waals surface area contributed by atoms with Crippen LogP contribution in [0.5, 0.6) is 0 Å². The molecule has 0 saturated carbocycles. The smallest absolute Gasteiger partial charge is 0.134 e. The average molecular weight is 273 g/mol. The Bertz CT molecular complexity index is 564. The normalized spacial score (nSPS) is 18.7. The van der Waals surface area contributed by atoms with E-state index in [9.17, 15) is 0 Å². The second-order valence-electron chi connectivity index (χ2n) is 5.11. The topological polar surface area (TPSA) is 37.8 Å². The third-order valence-corrected chi connectivity index (χ3v) is 4.90. The molecule has 0 saturated heterocycles. The minimum atomic E-state index is 0.307. The molecule has 1 aromatic heterocycles. The van der Waals surface area contributed by atoms with Crippen LogP contribution in [0.4, 0.5) is 0 Å².